The number of carbonyl (C=O) groups is 1. The first-order valence-corrected chi connectivity index (χ1v) is 5.70. The molecule has 0 radical (unpaired) electrons. The topological polar surface area (TPSA) is 76.7 Å². The smallest absolute Gasteiger partial charge is 0.242 e. The largest absolute Gasteiger partial charge is 0.318 e. The number of nitrogens with one attached hydrogen (secondary N) is 1. The number of piperidine rings is 1. The molecule has 2 rings (SSSR count). The van der Waals surface area contributed by atoms with Gasteiger partial charge < -0.3 is 5.32 Å². The molecule has 1 heterocycles. The fraction of sp³-hybridized carbons (Fsp3) is 0.636. The summed E-state index contributed by atoms with van der Waals surface area (Å²) in [5.41, 5.74) is -0.525. The molecule has 1 aliphatic heterocycles. The minimum atomic E-state index is -0.730. The van der Waals surface area contributed by atoms with Crippen molar-refractivity contribution in [3.8, 4) is 12.1 Å². The zero-order chi connectivity index (χ0) is 11.8. The van der Waals surface area contributed by atoms with E-state index in [1.165, 1.54) is 0 Å². The molecule has 4 nitrogen and oxygen atoms in total. The third-order valence-electron chi connectivity index (χ3n) is 3.71. The quantitative estimate of drug-likeness (QED) is 0.639. The maximum atomic E-state index is 11.7. The molecule has 2 fully saturated rings. The number of nitriles is 2. The monoisotopic (exact) mass is 233 g/mol. The molecule has 1 spiro atoms. The first kappa shape index (κ1) is 11.0. The van der Waals surface area contributed by atoms with E-state index in [1.807, 2.05) is 6.07 Å². The van der Waals surface area contributed by atoms with Crippen LogP contribution in [0.15, 0.2) is 0 Å². The summed E-state index contributed by atoms with van der Waals surface area (Å²) in [4.78, 5) is 12.0. The Morgan fingerprint density at radius 2 is 1.81 bits per heavy atom. The van der Waals surface area contributed by atoms with Crippen LogP contribution < -0.4 is 5.32 Å². The van der Waals surface area contributed by atoms with Crippen LogP contribution in [-0.4, -0.2) is 10.9 Å². The van der Waals surface area contributed by atoms with Crippen molar-refractivity contribution < 1.29 is 4.79 Å². The summed E-state index contributed by atoms with van der Waals surface area (Å²) < 4.78 is 0. The minimum absolute atomic E-state index is 0.293. The fourth-order valence-electron chi connectivity index (χ4n) is 2.94. The van der Waals surface area contributed by atoms with Crippen molar-refractivity contribution in [3.63, 3.8) is 0 Å². The second-order valence-corrected chi connectivity index (χ2v) is 4.86. The maximum Gasteiger partial charge on any atom is 0.242 e. The zero-order valence-electron chi connectivity index (χ0n) is 8.69. The van der Waals surface area contributed by atoms with E-state index < -0.39 is 17.3 Å². The van der Waals surface area contributed by atoms with Gasteiger partial charge in [-0.15, -0.1) is 0 Å². The molecule has 2 atom stereocenters. The van der Waals surface area contributed by atoms with Crippen LogP contribution >= 0.6 is 12.2 Å². The Kier molecular flexibility index (Phi) is 2.65. The lowest BCUT2D eigenvalue weighted by Crippen LogP contribution is -2.55. The predicted molar refractivity (Wildman–Crippen MR) is 59.8 cm³/mol. The number of nitrogens with zero attached hydrogens (tertiary/aromatic N) is 2. The molecule has 5 heteroatoms. The van der Waals surface area contributed by atoms with Crippen LogP contribution in [0.25, 0.3) is 0 Å². The van der Waals surface area contributed by atoms with Crippen molar-refractivity contribution in [1.29, 1.82) is 10.5 Å². The van der Waals surface area contributed by atoms with E-state index in [1.54, 1.807) is 0 Å². The number of amides is 1. The van der Waals surface area contributed by atoms with Gasteiger partial charge in [0.25, 0.3) is 0 Å². The van der Waals surface area contributed by atoms with Crippen molar-refractivity contribution in [1.82, 2.24) is 5.32 Å². The van der Waals surface area contributed by atoms with Crippen LogP contribution in [0.5, 0.6) is 0 Å². The molecule has 1 saturated carbocycles. The van der Waals surface area contributed by atoms with Gasteiger partial charge in [0.05, 0.1) is 17.1 Å². The van der Waals surface area contributed by atoms with Crippen molar-refractivity contribution in [2.45, 2.75) is 25.7 Å². The Balaban J connectivity index is 2.48. The fourth-order valence-corrected chi connectivity index (χ4v) is 3.33. The Hall–Kier alpha value is -1.46. The molecule has 1 aliphatic carbocycles. The van der Waals surface area contributed by atoms with Crippen molar-refractivity contribution in [2.24, 2.45) is 17.3 Å². The number of rotatable bonds is 0. The van der Waals surface area contributed by atoms with Gasteiger partial charge in [0.1, 0.15) is 11.8 Å². The van der Waals surface area contributed by atoms with Crippen LogP contribution in [0.4, 0.5) is 0 Å². The van der Waals surface area contributed by atoms with Crippen LogP contribution in [0, 0.1) is 39.9 Å². The van der Waals surface area contributed by atoms with Gasteiger partial charge in [-0.05, 0) is 12.8 Å². The van der Waals surface area contributed by atoms with E-state index in [-0.39, 0.29) is 5.91 Å². The van der Waals surface area contributed by atoms with Crippen molar-refractivity contribution in [3.05, 3.63) is 0 Å². The number of hydrogen-bond acceptors (Lipinski definition) is 4. The second kappa shape index (κ2) is 3.84. The molecular formula is C11H11N3OS. The van der Waals surface area contributed by atoms with Crippen molar-refractivity contribution in [2.75, 3.05) is 0 Å². The van der Waals surface area contributed by atoms with E-state index in [2.05, 4.69) is 11.4 Å². The van der Waals surface area contributed by atoms with Gasteiger partial charge in [-0.3, -0.25) is 4.79 Å². The summed E-state index contributed by atoms with van der Waals surface area (Å²) in [6.45, 7) is 0. The first-order valence-electron chi connectivity index (χ1n) is 5.29. The van der Waals surface area contributed by atoms with Gasteiger partial charge >= 0.3 is 0 Å². The summed E-state index contributed by atoms with van der Waals surface area (Å²) in [5, 5.41) is 20.8. The van der Waals surface area contributed by atoms with Crippen LogP contribution in [0.1, 0.15) is 25.7 Å². The number of thiocarbonyl (C=S) groups is 1. The molecule has 16 heavy (non-hydrogen) atoms. The number of carbonyl (C=O) groups excluding carboxylic acids is 1. The lowest BCUT2D eigenvalue weighted by atomic mass is 9.63. The third kappa shape index (κ3) is 1.32. The average molecular weight is 233 g/mol. The molecule has 1 saturated heterocycles. The molecule has 0 unspecified atom stereocenters. The maximum absolute atomic E-state index is 11.7. The molecule has 0 aromatic heterocycles. The average Bonchev–Trinajstić information content (AvgIpc) is 2.68. The van der Waals surface area contributed by atoms with E-state index in [9.17, 15) is 10.1 Å². The van der Waals surface area contributed by atoms with E-state index >= 15 is 0 Å². The highest BCUT2D eigenvalue weighted by atomic mass is 32.1. The highest BCUT2D eigenvalue weighted by Crippen LogP contribution is 2.51. The summed E-state index contributed by atoms with van der Waals surface area (Å²) in [7, 11) is 0. The highest BCUT2D eigenvalue weighted by Gasteiger charge is 2.55. The van der Waals surface area contributed by atoms with Gasteiger partial charge in [-0.1, -0.05) is 25.1 Å². The van der Waals surface area contributed by atoms with Crippen LogP contribution in [0.2, 0.25) is 0 Å². The molecule has 82 valence electrons. The summed E-state index contributed by atoms with van der Waals surface area (Å²) >= 11 is 5.05. The summed E-state index contributed by atoms with van der Waals surface area (Å²) in [6, 6.07) is 4.21. The number of hydrogen-bond donors (Lipinski definition) is 1. The minimum Gasteiger partial charge on any atom is -0.318 e. The standard InChI is InChI=1S/C11H11N3OS/c12-5-7-9(15)14-10(16)8(6-13)11(7)3-1-2-4-11/h7-8H,1-4H2,(H,14,15,16)/t7-,8-/m1/s1. The van der Waals surface area contributed by atoms with Crippen LogP contribution in [0.3, 0.4) is 0 Å². The highest BCUT2D eigenvalue weighted by molar-refractivity contribution is 7.80. The van der Waals surface area contributed by atoms with Gasteiger partial charge in [-0.2, -0.15) is 10.5 Å². The van der Waals surface area contributed by atoms with Gasteiger partial charge in [0, 0.05) is 5.41 Å². The predicted octanol–water partition coefficient (Wildman–Crippen LogP) is 1.28. The molecule has 0 aromatic carbocycles. The molecule has 0 bridgehead atoms. The molecular weight excluding hydrogens is 222 g/mol. The van der Waals surface area contributed by atoms with Crippen molar-refractivity contribution >= 4 is 23.1 Å². The Bertz CT molecular complexity index is 391. The lowest BCUT2D eigenvalue weighted by molar-refractivity contribution is -0.127. The lowest BCUT2D eigenvalue weighted by Gasteiger charge is -2.40. The zero-order valence-corrected chi connectivity index (χ0v) is 9.51. The molecule has 1 amide bonds. The van der Waals surface area contributed by atoms with Crippen LogP contribution in [-0.2, 0) is 4.79 Å². The van der Waals surface area contributed by atoms with E-state index in [4.69, 9.17) is 17.5 Å². The SMILES string of the molecule is N#C[C@@H]1C(=O)NC(=S)[C@@H](C#N)C12CCCC2. The van der Waals surface area contributed by atoms with Gasteiger partial charge in [0.15, 0.2) is 0 Å². The molecule has 1 N–H and O–H groups in total. The summed E-state index contributed by atoms with van der Waals surface area (Å²) in [5.74, 6) is -1.56. The molecule has 2 aliphatic rings. The first-order chi connectivity index (χ1) is 7.65. The Labute approximate surface area is 99.2 Å². The van der Waals surface area contributed by atoms with Gasteiger partial charge in [0.2, 0.25) is 5.91 Å². The Morgan fingerprint density at radius 1 is 1.25 bits per heavy atom. The van der Waals surface area contributed by atoms with Gasteiger partial charge in [-0.25, -0.2) is 0 Å². The Morgan fingerprint density at radius 3 is 2.31 bits per heavy atom. The summed E-state index contributed by atoms with van der Waals surface area (Å²) in [6.07, 6.45) is 3.42. The normalized spacial score (nSPS) is 31.9. The second-order valence-electron chi connectivity index (χ2n) is 4.42. The third-order valence-corrected chi connectivity index (χ3v) is 4.05. The molecule has 0 aromatic rings. The van der Waals surface area contributed by atoms with E-state index in [0.29, 0.717) is 4.99 Å². The van der Waals surface area contributed by atoms with E-state index in [0.717, 1.165) is 25.7 Å².